The second kappa shape index (κ2) is 8.39. The third kappa shape index (κ3) is 3.94. The molecule has 0 bridgehead atoms. The molecule has 0 aromatic carbocycles. The summed E-state index contributed by atoms with van der Waals surface area (Å²) in [5.74, 6) is 2.52. The summed E-state index contributed by atoms with van der Waals surface area (Å²) in [6, 6.07) is 3.53. The van der Waals surface area contributed by atoms with Crippen LogP contribution in [-0.2, 0) is 13.1 Å². The first-order valence-electron chi connectivity index (χ1n) is 8.29. The van der Waals surface area contributed by atoms with E-state index in [9.17, 15) is 0 Å². The van der Waals surface area contributed by atoms with Gasteiger partial charge in [0.1, 0.15) is 24.5 Å². The molecule has 0 fully saturated rings. The first-order valence-corrected chi connectivity index (χ1v) is 8.29. The lowest BCUT2D eigenvalue weighted by Gasteiger charge is -2.11. The summed E-state index contributed by atoms with van der Waals surface area (Å²) in [6.07, 6.45) is 10.5. The lowest BCUT2D eigenvalue weighted by Crippen LogP contribution is -2.33. The molecule has 27 heavy (non-hydrogen) atoms. The van der Waals surface area contributed by atoms with E-state index in [1.54, 1.807) is 53.0 Å². The molecule has 0 atom stereocenters. The fraction of sp³-hybridized carbons (Fsp3) is 0.316. The maximum absolute atomic E-state index is 5.44. The summed E-state index contributed by atoms with van der Waals surface area (Å²) < 4.78 is 25.3. The maximum Gasteiger partial charge on any atom is 0.204 e. The van der Waals surface area contributed by atoms with Gasteiger partial charge in [-0.1, -0.05) is 0 Å². The van der Waals surface area contributed by atoms with Gasteiger partial charge < -0.3 is 28.1 Å². The highest BCUT2D eigenvalue weighted by atomic mass is 16.5. The van der Waals surface area contributed by atoms with E-state index in [0.29, 0.717) is 36.1 Å². The Labute approximate surface area is 157 Å². The van der Waals surface area contributed by atoms with E-state index in [1.807, 2.05) is 21.5 Å². The fourth-order valence-corrected chi connectivity index (χ4v) is 2.82. The molecule has 142 valence electrons. The van der Waals surface area contributed by atoms with Gasteiger partial charge in [-0.3, -0.25) is 9.97 Å². The minimum absolute atomic E-state index is 0.496. The van der Waals surface area contributed by atoms with E-state index in [-0.39, 0.29) is 0 Å². The molecule has 0 unspecified atom stereocenters. The minimum Gasteiger partial charge on any atom is -0.493 e. The predicted molar refractivity (Wildman–Crippen MR) is 96.3 cm³/mol. The van der Waals surface area contributed by atoms with Gasteiger partial charge in [-0.05, 0) is 12.4 Å². The highest BCUT2D eigenvalue weighted by Gasteiger charge is 2.14. The molecular weight excluding hydrogens is 348 g/mol. The molecular formula is C19H22N4O4. The van der Waals surface area contributed by atoms with Crippen LogP contribution in [-0.4, -0.2) is 43.0 Å². The van der Waals surface area contributed by atoms with Crippen LogP contribution in [0.3, 0.4) is 0 Å². The van der Waals surface area contributed by atoms with Crippen LogP contribution in [0.1, 0.15) is 11.4 Å². The van der Waals surface area contributed by atoms with Crippen LogP contribution in [0.2, 0.25) is 0 Å². The van der Waals surface area contributed by atoms with Crippen molar-refractivity contribution in [2.24, 2.45) is 0 Å². The van der Waals surface area contributed by atoms with Crippen LogP contribution in [0.15, 0.2) is 36.9 Å². The molecule has 3 aromatic rings. The summed E-state index contributed by atoms with van der Waals surface area (Å²) in [7, 11) is 6.41. The Morgan fingerprint density at radius 2 is 1.48 bits per heavy atom. The first-order chi connectivity index (χ1) is 13.2. The summed E-state index contributed by atoms with van der Waals surface area (Å²) in [4.78, 5) is 8.79. The number of ether oxygens (including phenoxy) is 4. The lowest BCUT2D eigenvalue weighted by molar-refractivity contribution is -0.692. The first kappa shape index (κ1) is 18.5. The van der Waals surface area contributed by atoms with Crippen molar-refractivity contribution >= 4 is 0 Å². The smallest absolute Gasteiger partial charge is 0.204 e. The minimum atomic E-state index is 0.496. The SMILES string of the molecule is COc1ccnc(Cn2[c-][n+](Cc3nccc(OC)c3OC)cc2)c1OC. The Bertz CT molecular complexity index is 838. The van der Waals surface area contributed by atoms with Gasteiger partial charge in [0, 0.05) is 24.5 Å². The van der Waals surface area contributed by atoms with Gasteiger partial charge in [-0.25, -0.2) is 0 Å². The standard InChI is InChI=1S/C19H22N4O4/c1-24-16-5-7-20-14(18(16)26-3)11-22-9-10-23(13-22)12-15-19(27-4)17(25-2)6-8-21-15/h5-10H,11-12H2,1-4H3. The van der Waals surface area contributed by atoms with Gasteiger partial charge in [0.25, 0.3) is 0 Å². The van der Waals surface area contributed by atoms with Crippen molar-refractivity contribution in [2.75, 3.05) is 28.4 Å². The van der Waals surface area contributed by atoms with Gasteiger partial charge in [0.05, 0.1) is 28.4 Å². The number of nitrogens with zero attached hydrogens (tertiary/aromatic N) is 4. The molecule has 0 aliphatic rings. The zero-order valence-electron chi connectivity index (χ0n) is 15.8. The van der Waals surface area contributed by atoms with Crippen LogP contribution in [0.25, 0.3) is 0 Å². The van der Waals surface area contributed by atoms with Crippen molar-refractivity contribution in [2.45, 2.75) is 13.1 Å². The number of rotatable bonds is 8. The van der Waals surface area contributed by atoms with E-state index >= 15 is 0 Å². The summed E-state index contributed by atoms with van der Waals surface area (Å²) in [5.41, 5.74) is 1.51. The van der Waals surface area contributed by atoms with Gasteiger partial charge in [0.15, 0.2) is 23.0 Å². The molecule has 3 aromatic heterocycles. The summed E-state index contributed by atoms with van der Waals surface area (Å²) >= 11 is 0. The van der Waals surface area contributed by atoms with Crippen LogP contribution in [0.4, 0.5) is 0 Å². The van der Waals surface area contributed by atoms with Gasteiger partial charge in [-0.15, -0.1) is 0 Å². The zero-order valence-corrected chi connectivity index (χ0v) is 15.8. The summed E-state index contributed by atoms with van der Waals surface area (Å²) in [5, 5.41) is 0. The Balaban J connectivity index is 1.81. The molecule has 8 nitrogen and oxygen atoms in total. The van der Waals surface area contributed by atoms with E-state index in [1.165, 1.54) is 0 Å². The van der Waals surface area contributed by atoms with Crippen molar-refractivity contribution in [1.82, 2.24) is 14.5 Å². The van der Waals surface area contributed by atoms with Crippen LogP contribution >= 0.6 is 0 Å². The average Bonchev–Trinajstić information content (AvgIpc) is 3.14. The second-order valence-electron chi connectivity index (χ2n) is 5.64. The fourth-order valence-electron chi connectivity index (χ4n) is 2.82. The third-order valence-electron chi connectivity index (χ3n) is 4.06. The Morgan fingerprint density at radius 1 is 0.889 bits per heavy atom. The number of imidazole rings is 1. The Kier molecular flexibility index (Phi) is 5.75. The van der Waals surface area contributed by atoms with E-state index < -0.39 is 0 Å². The molecule has 0 aliphatic heterocycles. The second-order valence-corrected chi connectivity index (χ2v) is 5.64. The van der Waals surface area contributed by atoms with Gasteiger partial charge in [0.2, 0.25) is 6.33 Å². The number of aromatic nitrogens is 4. The molecule has 3 rings (SSSR count). The molecule has 0 amide bonds. The van der Waals surface area contributed by atoms with Crippen molar-refractivity contribution in [3.05, 3.63) is 54.6 Å². The van der Waals surface area contributed by atoms with E-state index in [0.717, 1.165) is 11.4 Å². The number of hydrogen-bond donors (Lipinski definition) is 0. The third-order valence-corrected chi connectivity index (χ3v) is 4.06. The zero-order chi connectivity index (χ0) is 19.2. The van der Waals surface area contributed by atoms with Crippen LogP contribution in [0, 0.1) is 6.33 Å². The van der Waals surface area contributed by atoms with Crippen LogP contribution in [0.5, 0.6) is 23.0 Å². The number of hydrogen-bond acceptors (Lipinski definition) is 6. The highest BCUT2D eigenvalue weighted by molar-refractivity contribution is 5.43. The topological polar surface area (TPSA) is 71.5 Å². The molecule has 0 saturated heterocycles. The van der Waals surface area contributed by atoms with Gasteiger partial charge in [-0.2, -0.15) is 0 Å². The monoisotopic (exact) mass is 370 g/mol. The molecule has 0 N–H and O–H groups in total. The number of pyridine rings is 2. The van der Waals surface area contributed by atoms with Crippen molar-refractivity contribution < 1.29 is 23.5 Å². The molecule has 0 radical (unpaired) electrons. The average molecular weight is 370 g/mol. The van der Waals surface area contributed by atoms with Crippen molar-refractivity contribution in [3.63, 3.8) is 0 Å². The maximum atomic E-state index is 5.44. The van der Waals surface area contributed by atoms with Crippen molar-refractivity contribution in [1.29, 1.82) is 0 Å². The van der Waals surface area contributed by atoms with Gasteiger partial charge >= 0.3 is 0 Å². The Morgan fingerprint density at radius 3 is 2.07 bits per heavy atom. The molecule has 0 spiro atoms. The van der Waals surface area contributed by atoms with E-state index in [4.69, 9.17) is 18.9 Å². The number of methoxy groups -OCH3 is 4. The van der Waals surface area contributed by atoms with E-state index in [2.05, 4.69) is 16.3 Å². The Hall–Kier alpha value is -3.29. The summed E-state index contributed by atoms with van der Waals surface area (Å²) in [6.45, 7) is 0.992. The van der Waals surface area contributed by atoms with Crippen LogP contribution < -0.4 is 23.5 Å². The normalized spacial score (nSPS) is 10.5. The highest BCUT2D eigenvalue weighted by Crippen LogP contribution is 2.30. The molecule has 8 heteroatoms. The molecule has 0 saturated carbocycles. The lowest BCUT2D eigenvalue weighted by atomic mass is 10.3. The largest absolute Gasteiger partial charge is 0.493 e. The molecule has 0 aliphatic carbocycles. The molecule has 3 heterocycles. The van der Waals surface area contributed by atoms with Crippen molar-refractivity contribution in [3.8, 4) is 23.0 Å². The predicted octanol–water partition coefficient (Wildman–Crippen LogP) is 1.50. The quantitative estimate of drug-likeness (QED) is 0.442.